The number of anilines is 1. The van der Waals surface area contributed by atoms with E-state index >= 15 is 0 Å². The average molecular weight is 373 g/mol. The molecule has 0 aliphatic carbocycles. The minimum absolute atomic E-state index is 0.157. The van der Waals surface area contributed by atoms with Gasteiger partial charge in [-0.2, -0.15) is 0 Å². The van der Waals surface area contributed by atoms with Crippen LogP contribution < -0.4 is 10.2 Å². The number of piperazine rings is 1. The standard InChI is InChI=1S/C21H25F2N3O/c1-15(24-21(27)13-16-3-5-17(22)6-4-16)19-14-18(23)7-8-20(19)26-11-9-25(2)10-12-26/h3-8,14-15H,9-13H2,1-2H3,(H,24,27)/t15-/m0/s1. The zero-order valence-corrected chi connectivity index (χ0v) is 15.7. The van der Waals surface area contributed by atoms with Crippen molar-refractivity contribution in [3.63, 3.8) is 0 Å². The van der Waals surface area contributed by atoms with E-state index in [1.54, 1.807) is 18.2 Å². The Labute approximate surface area is 158 Å². The zero-order chi connectivity index (χ0) is 19.4. The van der Waals surface area contributed by atoms with Gasteiger partial charge in [-0.25, -0.2) is 8.78 Å². The monoisotopic (exact) mass is 373 g/mol. The molecule has 1 fully saturated rings. The summed E-state index contributed by atoms with van der Waals surface area (Å²) < 4.78 is 26.9. The fourth-order valence-electron chi connectivity index (χ4n) is 3.37. The molecule has 0 aromatic heterocycles. The van der Waals surface area contributed by atoms with Gasteiger partial charge in [-0.3, -0.25) is 4.79 Å². The molecular formula is C21H25F2N3O. The minimum atomic E-state index is -0.330. The molecule has 1 N–H and O–H groups in total. The molecule has 0 saturated carbocycles. The molecule has 1 heterocycles. The molecule has 1 aliphatic rings. The third-order valence-electron chi connectivity index (χ3n) is 4.96. The summed E-state index contributed by atoms with van der Waals surface area (Å²) in [4.78, 5) is 16.9. The van der Waals surface area contributed by atoms with Crippen molar-refractivity contribution < 1.29 is 13.6 Å². The minimum Gasteiger partial charge on any atom is -0.369 e. The van der Waals surface area contributed by atoms with Crippen LogP contribution in [-0.4, -0.2) is 44.0 Å². The van der Waals surface area contributed by atoms with Crippen molar-refractivity contribution in [1.82, 2.24) is 10.2 Å². The van der Waals surface area contributed by atoms with Gasteiger partial charge in [0.2, 0.25) is 5.91 Å². The molecule has 1 saturated heterocycles. The highest BCUT2D eigenvalue weighted by molar-refractivity contribution is 5.79. The van der Waals surface area contributed by atoms with E-state index in [-0.39, 0.29) is 30.0 Å². The Bertz CT molecular complexity index is 787. The number of nitrogens with zero attached hydrogens (tertiary/aromatic N) is 2. The van der Waals surface area contributed by atoms with Gasteiger partial charge in [-0.1, -0.05) is 12.1 Å². The van der Waals surface area contributed by atoms with Crippen molar-refractivity contribution in [2.75, 3.05) is 38.1 Å². The largest absolute Gasteiger partial charge is 0.369 e. The maximum absolute atomic E-state index is 13.9. The molecule has 1 amide bonds. The number of amides is 1. The van der Waals surface area contributed by atoms with Crippen LogP contribution in [0, 0.1) is 11.6 Å². The quantitative estimate of drug-likeness (QED) is 0.875. The lowest BCUT2D eigenvalue weighted by molar-refractivity contribution is -0.121. The van der Waals surface area contributed by atoms with Crippen molar-refractivity contribution in [2.45, 2.75) is 19.4 Å². The van der Waals surface area contributed by atoms with Crippen LogP contribution in [0.3, 0.4) is 0 Å². The van der Waals surface area contributed by atoms with Gasteiger partial charge in [0.25, 0.3) is 0 Å². The summed E-state index contributed by atoms with van der Waals surface area (Å²) in [6, 6.07) is 10.3. The van der Waals surface area contributed by atoms with E-state index in [0.717, 1.165) is 43.0 Å². The molecular weight excluding hydrogens is 348 g/mol. The average Bonchev–Trinajstić information content (AvgIpc) is 2.64. The van der Waals surface area contributed by atoms with E-state index in [2.05, 4.69) is 22.2 Å². The molecule has 3 rings (SSSR count). The Morgan fingerprint density at radius 1 is 1.04 bits per heavy atom. The number of rotatable bonds is 5. The van der Waals surface area contributed by atoms with Crippen LogP contribution in [0.5, 0.6) is 0 Å². The zero-order valence-electron chi connectivity index (χ0n) is 15.7. The van der Waals surface area contributed by atoms with Gasteiger partial charge in [-0.05, 0) is 49.9 Å². The first-order valence-corrected chi connectivity index (χ1v) is 9.19. The highest BCUT2D eigenvalue weighted by Crippen LogP contribution is 2.28. The van der Waals surface area contributed by atoms with Gasteiger partial charge in [0.1, 0.15) is 11.6 Å². The third kappa shape index (κ3) is 5.04. The van der Waals surface area contributed by atoms with Crippen LogP contribution in [-0.2, 0) is 11.2 Å². The summed E-state index contributed by atoms with van der Waals surface area (Å²) in [5.74, 6) is -0.825. The predicted octanol–water partition coefficient (Wildman–Crippen LogP) is 3.14. The van der Waals surface area contributed by atoms with E-state index in [9.17, 15) is 13.6 Å². The molecule has 1 aliphatic heterocycles. The second-order valence-electron chi connectivity index (χ2n) is 7.09. The molecule has 0 bridgehead atoms. The molecule has 0 spiro atoms. The van der Waals surface area contributed by atoms with Crippen molar-refractivity contribution in [3.05, 3.63) is 65.2 Å². The van der Waals surface area contributed by atoms with E-state index in [1.165, 1.54) is 24.3 Å². The summed E-state index contributed by atoms with van der Waals surface area (Å²) in [5.41, 5.74) is 2.46. The molecule has 0 radical (unpaired) electrons. The summed E-state index contributed by atoms with van der Waals surface area (Å²) in [5, 5.41) is 2.94. The normalized spacial score (nSPS) is 16.2. The summed E-state index contributed by atoms with van der Waals surface area (Å²) in [7, 11) is 2.08. The van der Waals surface area contributed by atoms with Crippen LogP contribution in [0.1, 0.15) is 24.1 Å². The topological polar surface area (TPSA) is 35.6 Å². The Kier molecular flexibility index (Phi) is 6.06. The maximum atomic E-state index is 13.9. The molecule has 1 atom stereocenters. The summed E-state index contributed by atoms with van der Waals surface area (Å²) in [6.07, 6.45) is 0.157. The SMILES string of the molecule is C[C@H](NC(=O)Cc1ccc(F)cc1)c1cc(F)ccc1N1CCN(C)CC1. The molecule has 2 aromatic rings. The van der Waals surface area contributed by atoms with Crippen molar-refractivity contribution in [1.29, 1.82) is 0 Å². The number of hydrogen-bond donors (Lipinski definition) is 1. The van der Waals surface area contributed by atoms with Crippen LogP contribution in [0.15, 0.2) is 42.5 Å². The molecule has 27 heavy (non-hydrogen) atoms. The number of benzene rings is 2. The lowest BCUT2D eigenvalue weighted by atomic mass is 10.0. The Morgan fingerprint density at radius 2 is 1.67 bits per heavy atom. The van der Waals surface area contributed by atoms with Gasteiger partial charge in [-0.15, -0.1) is 0 Å². The molecule has 4 nitrogen and oxygen atoms in total. The summed E-state index contributed by atoms with van der Waals surface area (Å²) >= 11 is 0. The second-order valence-corrected chi connectivity index (χ2v) is 7.09. The van der Waals surface area contributed by atoms with Crippen LogP contribution in [0.4, 0.5) is 14.5 Å². The lowest BCUT2D eigenvalue weighted by Gasteiger charge is -2.36. The number of carbonyl (C=O) groups is 1. The number of hydrogen-bond acceptors (Lipinski definition) is 3. The van der Waals surface area contributed by atoms with E-state index in [0.29, 0.717) is 0 Å². The van der Waals surface area contributed by atoms with Crippen LogP contribution in [0.2, 0.25) is 0 Å². The molecule has 144 valence electrons. The number of nitrogens with one attached hydrogen (secondary N) is 1. The fourth-order valence-corrected chi connectivity index (χ4v) is 3.37. The Hall–Kier alpha value is -2.47. The predicted molar refractivity (Wildman–Crippen MR) is 103 cm³/mol. The van der Waals surface area contributed by atoms with Gasteiger partial charge in [0.15, 0.2) is 0 Å². The fraction of sp³-hybridized carbons (Fsp3) is 0.381. The van der Waals surface area contributed by atoms with Gasteiger partial charge in [0.05, 0.1) is 12.5 Å². The smallest absolute Gasteiger partial charge is 0.224 e. The second kappa shape index (κ2) is 8.48. The first-order chi connectivity index (χ1) is 12.9. The first-order valence-electron chi connectivity index (χ1n) is 9.19. The molecule has 0 unspecified atom stereocenters. The lowest BCUT2D eigenvalue weighted by Crippen LogP contribution is -2.45. The van der Waals surface area contributed by atoms with Gasteiger partial charge >= 0.3 is 0 Å². The van der Waals surface area contributed by atoms with E-state index in [4.69, 9.17) is 0 Å². The Morgan fingerprint density at radius 3 is 2.33 bits per heavy atom. The first kappa shape index (κ1) is 19.3. The van der Waals surface area contributed by atoms with Gasteiger partial charge < -0.3 is 15.1 Å². The molecule has 6 heteroatoms. The number of halogens is 2. The van der Waals surface area contributed by atoms with Crippen molar-refractivity contribution >= 4 is 11.6 Å². The highest BCUT2D eigenvalue weighted by Gasteiger charge is 2.21. The van der Waals surface area contributed by atoms with Gasteiger partial charge in [0, 0.05) is 37.4 Å². The van der Waals surface area contributed by atoms with Crippen LogP contribution >= 0.6 is 0 Å². The maximum Gasteiger partial charge on any atom is 0.224 e. The third-order valence-corrected chi connectivity index (χ3v) is 4.96. The number of likely N-dealkylation sites (N-methyl/N-ethyl adjacent to an activating group) is 1. The number of carbonyl (C=O) groups excluding carboxylic acids is 1. The van der Waals surface area contributed by atoms with E-state index < -0.39 is 0 Å². The van der Waals surface area contributed by atoms with Crippen molar-refractivity contribution in [2.24, 2.45) is 0 Å². The Balaban J connectivity index is 1.71. The molecule has 2 aromatic carbocycles. The van der Waals surface area contributed by atoms with E-state index in [1.807, 2.05) is 6.92 Å². The van der Waals surface area contributed by atoms with Crippen molar-refractivity contribution in [3.8, 4) is 0 Å². The van der Waals surface area contributed by atoms with Crippen LogP contribution in [0.25, 0.3) is 0 Å². The summed E-state index contributed by atoms with van der Waals surface area (Å²) in [6.45, 7) is 5.48. The highest BCUT2D eigenvalue weighted by atomic mass is 19.1.